The number of hydrogen-bond acceptors (Lipinski definition) is 2. The Morgan fingerprint density at radius 1 is 1.10 bits per heavy atom. The largest absolute Gasteiger partial charge is 0.383 e. The van der Waals surface area contributed by atoms with Gasteiger partial charge in [0.25, 0.3) is 0 Å². The molecule has 2 aromatic carbocycles. The molecular formula is C16H12BrFN2O. The lowest BCUT2D eigenvalue weighted by Crippen LogP contribution is -2.03. The van der Waals surface area contributed by atoms with Crippen LogP contribution in [0.1, 0.15) is 17.2 Å². The molecule has 0 bridgehead atoms. The Bertz CT molecular complexity index is 758. The van der Waals surface area contributed by atoms with Crippen LogP contribution in [0.5, 0.6) is 0 Å². The Kier molecular flexibility index (Phi) is 3.86. The summed E-state index contributed by atoms with van der Waals surface area (Å²) in [6.45, 7) is 0. The third-order valence-electron chi connectivity index (χ3n) is 3.28. The van der Waals surface area contributed by atoms with E-state index in [-0.39, 0.29) is 5.56 Å². The lowest BCUT2D eigenvalue weighted by molar-refractivity contribution is 0.215. The molecule has 2 N–H and O–H groups in total. The number of nitrogens with one attached hydrogen (secondary N) is 1. The monoisotopic (exact) mass is 346 g/mol. The Hall–Kier alpha value is -1.98. The van der Waals surface area contributed by atoms with Gasteiger partial charge in [0.2, 0.25) is 0 Å². The summed E-state index contributed by atoms with van der Waals surface area (Å²) in [5.74, 6) is -0.453. The average molecular weight is 347 g/mol. The third kappa shape index (κ3) is 2.75. The lowest BCUT2D eigenvalue weighted by Gasteiger charge is -2.13. The number of aromatic nitrogens is 2. The number of rotatable bonds is 3. The van der Waals surface area contributed by atoms with E-state index in [0.717, 1.165) is 5.56 Å². The summed E-state index contributed by atoms with van der Waals surface area (Å²) in [6, 6.07) is 14.0. The van der Waals surface area contributed by atoms with Crippen molar-refractivity contribution in [3.05, 3.63) is 76.1 Å². The summed E-state index contributed by atoms with van der Waals surface area (Å²) in [5, 5.41) is 17.3. The smallest absolute Gasteiger partial charge is 0.129 e. The molecule has 106 valence electrons. The lowest BCUT2D eigenvalue weighted by atomic mass is 9.98. The number of aliphatic hydroxyl groups is 1. The summed E-state index contributed by atoms with van der Waals surface area (Å²) in [5.41, 5.74) is 2.32. The first kappa shape index (κ1) is 14.0. The molecule has 0 fully saturated rings. The van der Waals surface area contributed by atoms with Crippen LogP contribution >= 0.6 is 15.9 Å². The zero-order valence-electron chi connectivity index (χ0n) is 10.9. The Morgan fingerprint density at radius 2 is 1.86 bits per heavy atom. The second kappa shape index (κ2) is 5.79. The second-order valence-corrected chi connectivity index (χ2v) is 5.55. The van der Waals surface area contributed by atoms with Gasteiger partial charge in [0, 0.05) is 15.6 Å². The molecule has 21 heavy (non-hydrogen) atoms. The van der Waals surface area contributed by atoms with E-state index in [2.05, 4.69) is 26.1 Å². The normalized spacial score (nSPS) is 12.3. The van der Waals surface area contributed by atoms with Gasteiger partial charge >= 0.3 is 0 Å². The number of aromatic amines is 1. The van der Waals surface area contributed by atoms with Crippen LogP contribution in [0, 0.1) is 5.82 Å². The predicted molar refractivity (Wildman–Crippen MR) is 82.2 cm³/mol. The molecule has 1 heterocycles. The van der Waals surface area contributed by atoms with Gasteiger partial charge in [-0.05, 0) is 23.8 Å². The molecule has 1 aromatic heterocycles. The van der Waals surface area contributed by atoms with Crippen LogP contribution < -0.4 is 0 Å². The van der Waals surface area contributed by atoms with E-state index in [9.17, 15) is 9.50 Å². The quantitative estimate of drug-likeness (QED) is 0.751. The number of hydrogen-bond donors (Lipinski definition) is 2. The summed E-state index contributed by atoms with van der Waals surface area (Å²) in [4.78, 5) is 0. The fourth-order valence-corrected chi connectivity index (χ4v) is 2.61. The summed E-state index contributed by atoms with van der Waals surface area (Å²) in [7, 11) is 0. The fraction of sp³-hybridized carbons (Fsp3) is 0.0625. The first-order chi connectivity index (χ1) is 10.2. The zero-order chi connectivity index (χ0) is 14.8. The maximum absolute atomic E-state index is 13.9. The molecule has 1 atom stereocenters. The Morgan fingerprint density at radius 3 is 2.62 bits per heavy atom. The molecule has 0 aliphatic heterocycles. The van der Waals surface area contributed by atoms with Gasteiger partial charge in [-0.25, -0.2) is 4.39 Å². The molecule has 0 spiro atoms. The molecular weight excluding hydrogens is 335 g/mol. The second-order valence-electron chi connectivity index (χ2n) is 4.63. The van der Waals surface area contributed by atoms with Crippen LogP contribution in [0.25, 0.3) is 11.3 Å². The van der Waals surface area contributed by atoms with Crippen molar-refractivity contribution >= 4 is 15.9 Å². The van der Waals surface area contributed by atoms with Crippen molar-refractivity contribution in [2.75, 3.05) is 0 Å². The molecule has 0 aliphatic rings. The predicted octanol–water partition coefficient (Wildman–Crippen LogP) is 4.06. The highest BCUT2D eigenvalue weighted by atomic mass is 79.9. The maximum Gasteiger partial charge on any atom is 0.129 e. The van der Waals surface area contributed by atoms with Gasteiger partial charge in [0.05, 0.1) is 11.9 Å². The number of H-pyrrole nitrogens is 1. The van der Waals surface area contributed by atoms with Gasteiger partial charge in [-0.15, -0.1) is 0 Å². The van der Waals surface area contributed by atoms with Crippen molar-refractivity contribution in [3.8, 4) is 11.3 Å². The molecule has 5 heteroatoms. The van der Waals surface area contributed by atoms with E-state index < -0.39 is 11.9 Å². The highest BCUT2D eigenvalue weighted by Gasteiger charge is 2.20. The molecule has 0 radical (unpaired) electrons. The molecule has 3 nitrogen and oxygen atoms in total. The van der Waals surface area contributed by atoms with Crippen molar-refractivity contribution in [1.29, 1.82) is 0 Å². The van der Waals surface area contributed by atoms with Crippen LogP contribution in [0.2, 0.25) is 0 Å². The van der Waals surface area contributed by atoms with Gasteiger partial charge in [-0.1, -0.05) is 46.3 Å². The maximum atomic E-state index is 13.9. The molecule has 3 aromatic rings. The fourth-order valence-electron chi connectivity index (χ4n) is 2.23. The third-order valence-corrected chi connectivity index (χ3v) is 3.77. The van der Waals surface area contributed by atoms with E-state index in [1.807, 2.05) is 30.3 Å². The van der Waals surface area contributed by atoms with Crippen molar-refractivity contribution in [2.24, 2.45) is 0 Å². The van der Waals surface area contributed by atoms with Crippen molar-refractivity contribution in [3.63, 3.8) is 0 Å². The van der Waals surface area contributed by atoms with Crippen LogP contribution in [0.15, 0.2) is 59.2 Å². The van der Waals surface area contributed by atoms with Gasteiger partial charge in [0.15, 0.2) is 0 Å². The summed E-state index contributed by atoms with van der Waals surface area (Å²) in [6.07, 6.45) is 0.435. The van der Waals surface area contributed by atoms with Crippen LogP contribution in [0.4, 0.5) is 4.39 Å². The topological polar surface area (TPSA) is 48.9 Å². The number of benzene rings is 2. The molecule has 1 unspecified atom stereocenters. The van der Waals surface area contributed by atoms with Crippen LogP contribution in [-0.2, 0) is 0 Å². The van der Waals surface area contributed by atoms with Crippen LogP contribution in [0.3, 0.4) is 0 Å². The summed E-state index contributed by atoms with van der Waals surface area (Å²) >= 11 is 3.29. The van der Waals surface area contributed by atoms with Gasteiger partial charge < -0.3 is 5.11 Å². The molecule has 0 saturated carbocycles. The minimum Gasteiger partial charge on any atom is -0.383 e. The highest BCUT2D eigenvalue weighted by Crippen LogP contribution is 2.32. The first-order valence-electron chi connectivity index (χ1n) is 6.38. The average Bonchev–Trinajstić information content (AvgIpc) is 2.99. The minimum absolute atomic E-state index is 0.211. The van der Waals surface area contributed by atoms with Crippen molar-refractivity contribution in [2.45, 2.75) is 6.10 Å². The van der Waals surface area contributed by atoms with Gasteiger partial charge in [0.1, 0.15) is 11.9 Å². The number of halogens is 2. The van der Waals surface area contributed by atoms with Crippen molar-refractivity contribution < 1.29 is 9.50 Å². The molecule has 0 amide bonds. The van der Waals surface area contributed by atoms with Crippen molar-refractivity contribution in [1.82, 2.24) is 10.2 Å². The molecule has 3 rings (SSSR count). The first-order valence-corrected chi connectivity index (χ1v) is 7.18. The Labute approximate surface area is 129 Å². The molecule has 0 saturated heterocycles. The minimum atomic E-state index is -1.09. The zero-order valence-corrected chi connectivity index (χ0v) is 12.5. The van der Waals surface area contributed by atoms with E-state index in [1.165, 1.54) is 12.3 Å². The Balaban J connectivity index is 2.06. The SMILES string of the molecule is OC(c1cc(Br)ccc1F)c1cn[nH]c1-c1ccccc1. The summed E-state index contributed by atoms with van der Waals surface area (Å²) < 4.78 is 14.6. The highest BCUT2D eigenvalue weighted by molar-refractivity contribution is 9.10. The van der Waals surface area contributed by atoms with E-state index in [0.29, 0.717) is 15.7 Å². The number of nitrogens with zero attached hydrogens (tertiary/aromatic N) is 1. The number of aliphatic hydroxyl groups excluding tert-OH is 1. The van der Waals surface area contributed by atoms with Gasteiger partial charge in [-0.2, -0.15) is 5.10 Å². The van der Waals surface area contributed by atoms with E-state index >= 15 is 0 Å². The van der Waals surface area contributed by atoms with Gasteiger partial charge in [-0.3, -0.25) is 5.10 Å². The molecule has 0 aliphatic carbocycles. The van der Waals surface area contributed by atoms with E-state index in [4.69, 9.17) is 0 Å². The van der Waals surface area contributed by atoms with E-state index in [1.54, 1.807) is 12.1 Å². The standard InChI is InChI=1S/C16H12BrFN2O/c17-11-6-7-14(18)12(8-11)16(21)13-9-19-20-15(13)10-4-2-1-3-5-10/h1-9,16,21H,(H,19,20). The van der Waals surface area contributed by atoms with Crippen LogP contribution in [-0.4, -0.2) is 15.3 Å².